The van der Waals surface area contributed by atoms with Gasteiger partial charge in [0.2, 0.25) is 0 Å². The summed E-state index contributed by atoms with van der Waals surface area (Å²) in [5, 5.41) is 6.53. The number of ether oxygens (including phenoxy) is 1. The minimum atomic E-state index is -0.412. The summed E-state index contributed by atoms with van der Waals surface area (Å²) in [7, 11) is 0. The Balaban J connectivity index is 1.75. The minimum absolute atomic E-state index is 0.289. The molecule has 0 radical (unpaired) electrons. The van der Waals surface area contributed by atoms with E-state index in [1.165, 1.54) is 25.7 Å². The van der Waals surface area contributed by atoms with E-state index in [2.05, 4.69) is 10.6 Å². The Kier molecular flexibility index (Phi) is 4.15. The van der Waals surface area contributed by atoms with Gasteiger partial charge in [-0.1, -0.05) is 0 Å². The molecule has 0 aromatic rings. The van der Waals surface area contributed by atoms with Crippen molar-refractivity contribution in [2.24, 2.45) is 11.8 Å². The molecular weight excluding hydrogens is 228 g/mol. The van der Waals surface area contributed by atoms with Crippen LogP contribution in [0.1, 0.15) is 46.5 Å². The first-order valence-corrected chi connectivity index (χ1v) is 7.16. The fourth-order valence-corrected chi connectivity index (χ4v) is 2.74. The number of rotatable bonds is 3. The van der Waals surface area contributed by atoms with Gasteiger partial charge in [-0.05, 0) is 64.8 Å². The lowest BCUT2D eigenvalue weighted by Crippen LogP contribution is -2.48. The third kappa shape index (κ3) is 4.16. The Labute approximate surface area is 110 Å². The van der Waals surface area contributed by atoms with Gasteiger partial charge in [0.05, 0.1) is 0 Å². The average molecular weight is 254 g/mol. The lowest BCUT2D eigenvalue weighted by molar-refractivity contribution is 0.0510. The van der Waals surface area contributed by atoms with E-state index in [0.717, 1.165) is 19.0 Å². The summed E-state index contributed by atoms with van der Waals surface area (Å²) >= 11 is 0. The molecule has 104 valence electrons. The zero-order valence-corrected chi connectivity index (χ0v) is 11.8. The molecule has 1 saturated heterocycles. The van der Waals surface area contributed by atoms with Crippen LogP contribution in [0.2, 0.25) is 0 Å². The fraction of sp³-hybridized carbons (Fsp3) is 0.929. The standard InChI is InChI=1S/C14H26N2O2/c1-14(2,3)18-13(17)16-9-11-5-4-8-15-12(11)10-6-7-10/h10-12,15H,4-9H2,1-3H3,(H,16,17)/t11-,12-/m1/s1. The van der Waals surface area contributed by atoms with Crippen LogP contribution < -0.4 is 10.6 Å². The van der Waals surface area contributed by atoms with Crippen molar-refractivity contribution in [3.05, 3.63) is 0 Å². The van der Waals surface area contributed by atoms with Gasteiger partial charge in [-0.3, -0.25) is 0 Å². The van der Waals surface area contributed by atoms with Crippen LogP contribution in [0.15, 0.2) is 0 Å². The molecule has 2 atom stereocenters. The number of piperidine rings is 1. The molecule has 2 N–H and O–H groups in total. The third-order valence-electron chi connectivity index (χ3n) is 3.68. The van der Waals surface area contributed by atoms with Gasteiger partial charge in [0.1, 0.15) is 5.60 Å². The third-order valence-corrected chi connectivity index (χ3v) is 3.68. The molecule has 2 fully saturated rings. The maximum absolute atomic E-state index is 11.6. The van der Waals surface area contributed by atoms with Crippen molar-refractivity contribution in [1.82, 2.24) is 10.6 Å². The Hall–Kier alpha value is -0.770. The molecule has 0 spiro atoms. The van der Waals surface area contributed by atoms with Gasteiger partial charge >= 0.3 is 6.09 Å². The number of nitrogens with one attached hydrogen (secondary N) is 2. The van der Waals surface area contributed by atoms with Crippen LogP contribution >= 0.6 is 0 Å². The average Bonchev–Trinajstić information content (AvgIpc) is 3.08. The van der Waals surface area contributed by atoms with E-state index >= 15 is 0 Å². The van der Waals surface area contributed by atoms with E-state index in [9.17, 15) is 4.79 Å². The van der Waals surface area contributed by atoms with Crippen LogP contribution in [0, 0.1) is 11.8 Å². The molecule has 1 heterocycles. The summed E-state index contributed by atoms with van der Waals surface area (Å²) in [6.45, 7) is 7.54. The van der Waals surface area contributed by atoms with Crippen molar-refractivity contribution in [3.63, 3.8) is 0 Å². The van der Waals surface area contributed by atoms with E-state index in [1.807, 2.05) is 20.8 Å². The molecule has 1 aliphatic heterocycles. The second-order valence-electron chi connectivity index (χ2n) is 6.60. The second-order valence-corrected chi connectivity index (χ2v) is 6.60. The van der Waals surface area contributed by atoms with Crippen molar-refractivity contribution in [3.8, 4) is 0 Å². The number of carbonyl (C=O) groups is 1. The lowest BCUT2D eigenvalue weighted by atomic mass is 9.88. The highest BCUT2D eigenvalue weighted by atomic mass is 16.6. The smallest absolute Gasteiger partial charge is 0.407 e. The summed E-state index contributed by atoms with van der Waals surface area (Å²) in [6, 6.07) is 0.605. The Bertz CT molecular complexity index is 295. The van der Waals surface area contributed by atoms with Crippen LogP contribution in [0.4, 0.5) is 4.79 Å². The van der Waals surface area contributed by atoms with Crippen molar-refractivity contribution >= 4 is 6.09 Å². The van der Waals surface area contributed by atoms with Gasteiger partial charge in [-0.15, -0.1) is 0 Å². The summed E-state index contributed by atoms with van der Waals surface area (Å²) in [4.78, 5) is 11.6. The minimum Gasteiger partial charge on any atom is -0.444 e. The highest BCUT2D eigenvalue weighted by molar-refractivity contribution is 5.67. The molecular formula is C14H26N2O2. The first kappa shape index (κ1) is 13.7. The molecule has 0 bridgehead atoms. The number of hydrogen-bond acceptors (Lipinski definition) is 3. The lowest BCUT2D eigenvalue weighted by Gasteiger charge is -2.33. The van der Waals surface area contributed by atoms with Crippen LogP contribution in [-0.4, -0.2) is 30.8 Å². The molecule has 2 rings (SSSR count). The van der Waals surface area contributed by atoms with E-state index in [-0.39, 0.29) is 6.09 Å². The fourth-order valence-electron chi connectivity index (χ4n) is 2.74. The van der Waals surface area contributed by atoms with Crippen LogP contribution in [0.3, 0.4) is 0 Å². The summed E-state index contributed by atoms with van der Waals surface area (Å²) < 4.78 is 5.27. The Morgan fingerprint density at radius 1 is 1.33 bits per heavy atom. The summed E-state index contributed by atoms with van der Waals surface area (Å²) in [6.07, 6.45) is 4.83. The van der Waals surface area contributed by atoms with E-state index in [4.69, 9.17) is 4.74 Å². The zero-order valence-electron chi connectivity index (χ0n) is 11.8. The molecule has 0 unspecified atom stereocenters. The van der Waals surface area contributed by atoms with Crippen molar-refractivity contribution < 1.29 is 9.53 Å². The van der Waals surface area contributed by atoms with E-state index in [1.54, 1.807) is 0 Å². The monoisotopic (exact) mass is 254 g/mol. The summed E-state index contributed by atoms with van der Waals surface area (Å²) in [5.74, 6) is 1.41. The Morgan fingerprint density at radius 2 is 2.06 bits per heavy atom. The van der Waals surface area contributed by atoms with Crippen molar-refractivity contribution in [2.75, 3.05) is 13.1 Å². The molecule has 1 aliphatic carbocycles. The molecule has 18 heavy (non-hydrogen) atoms. The van der Waals surface area contributed by atoms with Crippen LogP contribution in [0.25, 0.3) is 0 Å². The van der Waals surface area contributed by atoms with Gasteiger partial charge in [0.25, 0.3) is 0 Å². The second kappa shape index (κ2) is 5.47. The van der Waals surface area contributed by atoms with Gasteiger partial charge in [0.15, 0.2) is 0 Å². The summed E-state index contributed by atoms with van der Waals surface area (Å²) in [5.41, 5.74) is -0.412. The van der Waals surface area contributed by atoms with Crippen molar-refractivity contribution in [1.29, 1.82) is 0 Å². The van der Waals surface area contributed by atoms with Gasteiger partial charge in [0, 0.05) is 12.6 Å². The predicted molar refractivity (Wildman–Crippen MR) is 71.5 cm³/mol. The number of alkyl carbamates (subject to hydrolysis) is 1. The molecule has 1 saturated carbocycles. The molecule has 0 aromatic carbocycles. The first-order valence-electron chi connectivity index (χ1n) is 7.16. The Morgan fingerprint density at radius 3 is 2.67 bits per heavy atom. The maximum atomic E-state index is 11.6. The SMILES string of the molecule is CC(C)(C)OC(=O)NC[C@H]1CCCN[C@@H]1C1CC1. The van der Waals surface area contributed by atoms with E-state index in [0.29, 0.717) is 12.0 Å². The number of amides is 1. The molecule has 4 heteroatoms. The van der Waals surface area contributed by atoms with Crippen molar-refractivity contribution in [2.45, 2.75) is 58.1 Å². The molecule has 1 amide bonds. The van der Waals surface area contributed by atoms with E-state index < -0.39 is 5.60 Å². The highest BCUT2D eigenvalue weighted by Gasteiger charge is 2.37. The van der Waals surface area contributed by atoms with Gasteiger partial charge in [-0.25, -0.2) is 4.79 Å². The normalized spacial score (nSPS) is 28.8. The quantitative estimate of drug-likeness (QED) is 0.812. The first-order chi connectivity index (χ1) is 8.46. The van der Waals surface area contributed by atoms with Crippen LogP contribution in [-0.2, 0) is 4.74 Å². The highest BCUT2D eigenvalue weighted by Crippen LogP contribution is 2.38. The molecule has 0 aromatic heterocycles. The van der Waals surface area contributed by atoms with Gasteiger partial charge in [-0.2, -0.15) is 0 Å². The van der Waals surface area contributed by atoms with Crippen LogP contribution in [0.5, 0.6) is 0 Å². The maximum Gasteiger partial charge on any atom is 0.407 e. The number of carbonyl (C=O) groups excluding carboxylic acids is 1. The largest absolute Gasteiger partial charge is 0.444 e. The predicted octanol–water partition coefficient (Wildman–Crippen LogP) is 2.29. The van der Waals surface area contributed by atoms with Gasteiger partial charge < -0.3 is 15.4 Å². The topological polar surface area (TPSA) is 50.4 Å². The number of hydrogen-bond donors (Lipinski definition) is 2. The zero-order chi connectivity index (χ0) is 13.2. The molecule has 4 nitrogen and oxygen atoms in total. The molecule has 2 aliphatic rings.